The predicted octanol–water partition coefficient (Wildman–Crippen LogP) is 0.392. The maximum atomic E-state index is 12.1. The van der Waals surface area contributed by atoms with Crippen LogP contribution in [0.15, 0.2) is 29.2 Å². The van der Waals surface area contributed by atoms with Gasteiger partial charge in [0.05, 0.1) is 28.6 Å². The van der Waals surface area contributed by atoms with E-state index >= 15 is 0 Å². The summed E-state index contributed by atoms with van der Waals surface area (Å²) in [6, 6.07) is 5.46. The molecule has 0 aliphatic rings. The summed E-state index contributed by atoms with van der Waals surface area (Å²) in [5.74, 6) is -1.49. The van der Waals surface area contributed by atoms with Gasteiger partial charge in [0.2, 0.25) is 5.91 Å². The van der Waals surface area contributed by atoms with E-state index in [0.717, 1.165) is 0 Å². The van der Waals surface area contributed by atoms with Crippen molar-refractivity contribution in [1.29, 1.82) is 0 Å². The van der Waals surface area contributed by atoms with Gasteiger partial charge in [-0.15, -0.1) is 0 Å². The maximum absolute atomic E-state index is 12.1. The molecule has 0 aromatic heterocycles. The highest BCUT2D eigenvalue weighted by atomic mass is 32.2. The van der Waals surface area contributed by atoms with E-state index in [1.54, 1.807) is 24.3 Å². The molecule has 19 heavy (non-hydrogen) atoms. The second-order valence-corrected chi connectivity index (χ2v) is 5.22. The number of carboxylic acid groups (broad SMARTS) is 1. The maximum Gasteiger partial charge on any atom is 0.327 e. The first kappa shape index (κ1) is 15.2. The molecule has 0 aliphatic carbocycles. The fraction of sp³-hybridized carbons (Fsp3) is 0.333. The Hall–Kier alpha value is -1.89. The topological polar surface area (TPSA) is 92.7 Å². The molecular weight excluding hydrogens is 270 g/mol. The summed E-state index contributed by atoms with van der Waals surface area (Å²) in [7, 11) is -0.139. The summed E-state index contributed by atoms with van der Waals surface area (Å²) in [5.41, 5.74) is 0. The number of para-hydroxylation sites is 1. The van der Waals surface area contributed by atoms with E-state index < -0.39 is 28.7 Å². The van der Waals surface area contributed by atoms with E-state index in [1.165, 1.54) is 14.0 Å². The second kappa shape index (κ2) is 6.89. The van der Waals surface area contributed by atoms with Crippen LogP contribution in [-0.2, 0) is 20.4 Å². The van der Waals surface area contributed by atoms with Gasteiger partial charge in [0.25, 0.3) is 0 Å². The first-order chi connectivity index (χ1) is 8.95. The van der Waals surface area contributed by atoms with Crippen molar-refractivity contribution in [2.75, 3.05) is 12.9 Å². The summed E-state index contributed by atoms with van der Waals surface area (Å²) in [6.07, 6.45) is 0. The lowest BCUT2D eigenvalue weighted by Gasteiger charge is -2.14. The van der Waals surface area contributed by atoms with E-state index in [1.807, 2.05) is 0 Å². The smallest absolute Gasteiger partial charge is 0.327 e. The molecule has 0 fully saturated rings. The first-order valence-corrected chi connectivity index (χ1v) is 6.79. The third kappa shape index (κ3) is 4.36. The number of ether oxygens (including phenoxy) is 1. The van der Waals surface area contributed by atoms with Gasteiger partial charge in [-0.3, -0.25) is 9.00 Å². The molecule has 2 N–H and O–H groups in total. The number of rotatable bonds is 6. The number of carbonyl (C=O) groups excluding carboxylic acids is 1. The Morgan fingerprint density at radius 1 is 1.42 bits per heavy atom. The number of carboxylic acids is 1. The molecule has 0 heterocycles. The van der Waals surface area contributed by atoms with Crippen LogP contribution in [0.3, 0.4) is 0 Å². The molecule has 1 aromatic carbocycles. The largest absolute Gasteiger partial charge is 0.495 e. The molecule has 104 valence electrons. The molecule has 0 spiro atoms. The van der Waals surface area contributed by atoms with E-state index in [9.17, 15) is 13.8 Å². The number of hydrogen-bond acceptors (Lipinski definition) is 4. The zero-order valence-electron chi connectivity index (χ0n) is 10.6. The highest BCUT2D eigenvalue weighted by Gasteiger charge is 2.23. The van der Waals surface area contributed by atoms with Crippen molar-refractivity contribution in [3.05, 3.63) is 24.3 Å². The number of aliphatic carboxylic acids is 1. The number of carbonyl (C=O) groups is 2. The van der Waals surface area contributed by atoms with Crippen molar-refractivity contribution in [1.82, 2.24) is 5.32 Å². The molecule has 7 heteroatoms. The molecule has 1 amide bonds. The zero-order valence-corrected chi connectivity index (χ0v) is 11.4. The Kier molecular flexibility index (Phi) is 5.50. The second-order valence-electron chi connectivity index (χ2n) is 3.75. The minimum Gasteiger partial charge on any atom is -0.495 e. The Labute approximate surface area is 113 Å². The van der Waals surface area contributed by atoms with Crippen LogP contribution in [0, 0.1) is 0 Å². The minimum absolute atomic E-state index is 0.213. The van der Waals surface area contributed by atoms with Crippen molar-refractivity contribution in [3.63, 3.8) is 0 Å². The third-order valence-electron chi connectivity index (χ3n) is 2.31. The van der Waals surface area contributed by atoms with E-state index in [4.69, 9.17) is 9.84 Å². The van der Waals surface area contributed by atoms with Crippen molar-refractivity contribution in [2.24, 2.45) is 0 Å². The highest BCUT2D eigenvalue weighted by Crippen LogP contribution is 2.21. The molecule has 0 saturated heterocycles. The highest BCUT2D eigenvalue weighted by molar-refractivity contribution is 7.85. The van der Waals surface area contributed by atoms with Gasteiger partial charge >= 0.3 is 5.97 Å². The quantitative estimate of drug-likeness (QED) is 0.789. The molecule has 2 atom stereocenters. The van der Waals surface area contributed by atoms with Crippen molar-refractivity contribution in [2.45, 2.75) is 17.9 Å². The molecule has 0 saturated carbocycles. The van der Waals surface area contributed by atoms with Crippen LogP contribution < -0.4 is 10.1 Å². The van der Waals surface area contributed by atoms with Crippen molar-refractivity contribution in [3.8, 4) is 5.75 Å². The average molecular weight is 285 g/mol. The van der Waals surface area contributed by atoms with Crippen LogP contribution in [0.4, 0.5) is 0 Å². The van der Waals surface area contributed by atoms with Crippen LogP contribution in [0.25, 0.3) is 0 Å². The number of hydrogen-bond donors (Lipinski definition) is 2. The number of nitrogens with one attached hydrogen (secondary N) is 1. The van der Waals surface area contributed by atoms with E-state index in [0.29, 0.717) is 10.6 Å². The van der Waals surface area contributed by atoms with Gasteiger partial charge in [-0.25, -0.2) is 4.79 Å². The lowest BCUT2D eigenvalue weighted by molar-refractivity contribution is -0.140. The number of benzene rings is 1. The van der Waals surface area contributed by atoms with Crippen LogP contribution >= 0.6 is 0 Å². The Balaban J connectivity index is 2.87. The van der Waals surface area contributed by atoms with Gasteiger partial charge < -0.3 is 15.2 Å². The third-order valence-corrected chi connectivity index (χ3v) is 3.77. The predicted molar refractivity (Wildman–Crippen MR) is 69.5 cm³/mol. The van der Waals surface area contributed by atoms with Crippen molar-refractivity contribution < 1.29 is 23.6 Å². The molecular formula is C12H15NO5S. The van der Waals surface area contributed by atoms with Crippen LogP contribution in [0.2, 0.25) is 0 Å². The normalized spacial score (nSPS) is 13.4. The summed E-state index contributed by atoms with van der Waals surface area (Å²) < 4.78 is 17.2. The molecule has 6 nitrogen and oxygen atoms in total. The van der Waals surface area contributed by atoms with Crippen LogP contribution in [0.5, 0.6) is 5.75 Å². The summed E-state index contributed by atoms with van der Waals surface area (Å²) in [5, 5.41) is 11.2. The minimum atomic E-state index is -1.58. The molecule has 1 aromatic rings. The van der Waals surface area contributed by atoms with Gasteiger partial charge in [-0.05, 0) is 12.1 Å². The lowest BCUT2D eigenvalue weighted by atomic mass is 10.3. The first-order valence-electron chi connectivity index (χ1n) is 5.47. The molecule has 0 bridgehead atoms. The van der Waals surface area contributed by atoms with Crippen LogP contribution in [0.1, 0.15) is 6.92 Å². The van der Waals surface area contributed by atoms with E-state index in [2.05, 4.69) is 5.32 Å². The van der Waals surface area contributed by atoms with E-state index in [-0.39, 0.29) is 5.75 Å². The summed E-state index contributed by atoms with van der Waals surface area (Å²) in [6.45, 7) is 1.21. The molecule has 2 unspecified atom stereocenters. The zero-order chi connectivity index (χ0) is 14.4. The summed E-state index contributed by atoms with van der Waals surface area (Å²) >= 11 is 0. The van der Waals surface area contributed by atoms with Crippen molar-refractivity contribution >= 4 is 22.7 Å². The standard InChI is InChI=1S/C12H15NO5S/c1-8(14)13-9(12(15)16)7-19(17)11-6-4-3-5-10(11)18-2/h3-6,9H,7H2,1-2H3,(H,13,14)(H,15,16). The molecule has 0 radical (unpaired) electrons. The summed E-state index contributed by atoms with van der Waals surface area (Å²) in [4.78, 5) is 22.3. The lowest BCUT2D eigenvalue weighted by Crippen LogP contribution is -2.43. The molecule has 0 aliphatic heterocycles. The van der Waals surface area contributed by atoms with Gasteiger partial charge in [-0.1, -0.05) is 12.1 Å². The van der Waals surface area contributed by atoms with Gasteiger partial charge in [0.1, 0.15) is 11.8 Å². The monoisotopic (exact) mass is 285 g/mol. The number of amides is 1. The van der Waals surface area contributed by atoms with Crippen LogP contribution in [-0.4, -0.2) is 40.1 Å². The van der Waals surface area contributed by atoms with Gasteiger partial charge in [-0.2, -0.15) is 0 Å². The SMILES string of the molecule is COc1ccccc1S(=O)CC(NC(C)=O)C(=O)O. The van der Waals surface area contributed by atoms with Gasteiger partial charge in [0.15, 0.2) is 0 Å². The fourth-order valence-corrected chi connectivity index (χ4v) is 2.78. The Bertz CT molecular complexity index is 503. The van der Waals surface area contributed by atoms with Gasteiger partial charge in [0, 0.05) is 6.92 Å². The Morgan fingerprint density at radius 2 is 2.05 bits per heavy atom. The fourth-order valence-electron chi connectivity index (χ4n) is 1.47. The Morgan fingerprint density at radius 3 is 2.58 bits per heavy atom. The average Bonchev–Trinajstić information content (AvgIpc) is 2.37. The number of methoxy groups -OCH3 is 1. The molecule has 1 rings (SSSR count).